The van der Waals surface area contributed by atoms with Crippen molar-refractivity contribution in [2.45, 2.75) is 37.8 Å². The van der Waals surface area contributed by atoms with Crippen molar-refractivity contribution in [1.82, 2.24) is 10.2 Å². The van der Waals surface area contributed by atoms with Crippen LogP contribution in [-0.2, 0) is 11.3 Å². The zero-order chi connectivity index (χ0) is 14.6. The van der Waals surface area contributed by atoms with E-state index in [9.17, 15) is 14.0 Å². The van der Waals surface area contributed by atoms with E-state index in [2.05, 4.69) is 5.32 Å². The summed E-state index contributed by atoms with van der Waals surface area (Å²) in [6.07, 6.45) is 4.08. The van der Waals surface area contributed by atoms with E-state index in [1.54, 1.807) is 12.1 Å². The normalized spacial score (nSPS) is 24.3. The average Bonchev–Trinajstić information content (AvgIpc) is 3.36. The van der Waals surface area contributed by atoms with Gasteiger partial charge in [-0.1, -0.05) is 12.1 Å². The van der Waals surface area contributed by atoms with Crippen molar-refractivity contribution in [1.29, 1.82) is 0 Å². The van der Waals surface area contributed by atoms with Crippen LogP contribution in [0, 0.1) is 17.7 Å². The third kappa shape index (κ3) is 1.94. The van der Waals surface area contributed by atoms with E-state index in [1.807, 2.05) is 0 Å². The number of carbonyl (C=O) groups is 2. The van der Waals surface area contributed by atoms with E-state index >= 15 is 0 Å². The number of nitrogens with zero attached hydrogens (tertiary/aromatic N) is 1. The van der Waals surface area contributed by atoms with Gasteiger partial charge in [-0.2, -0.15) is 0 Å². The van der Waals surface area contributed by atoms with Crippen LogP contribution >= 0.6 is 0 Å². The zero-order valence-electron chi connectivity index (χ0n) is 11.6. The Morgan fingerprint density at radius 1 is 1.10 bits per heavy atom. The summed E-state index contributed by atoms with van der Waals surface area (Å²) in [4.78, 5) is 26.4. The molecule has 0 aromatic heterocycles. The Hall–Kier alpha value is -1.91. The number of halogens is 1. The van der Waals surface area contributed by atoms with Gasteiger partial charge < -0.3 is 5.32 Å². The summed E-state index contributed by atoms with van der Waals surface area (Å²) in [7, 11) is 0. The van der Waals surface area contributed by atoms with Gasteiger partial charge in [0.2, 0.25) is 0 Å². The van der Waals surface area contributed by atoms with E-state index in [0.717, 1.165) is 31.2 Å². The molecule has 1 aromatic rings. The Balaban J connectivity index is 1.59. The Bertz CT molecular complexity index is 593. The van der Waals surface area contributed by atoms with Crippen LogP contribution in [0.4, 0.5) is 9.18 Å². The fourth-order valence-electron chi connectivity index (χ4n) is 3.49. The predicted octanol–water partition coefficient (Wildman–Crippen LogP) is 2.44. The first-order valence-corrected chi connectivity index (χ1v) is 7.50. The van der Waals surface area contributed by atoms with Gasteiger partial charge in [-0.15, -0.1) is 0 Å². The molecule has 5 heteroatoms. The lowest BCUT2D eigenvalue weighted by atomic mass is 9.87. The monoisotopic (exact) mass is 288 g/mol. The van der Waals surface area contributed by atoms with E-state index in [1.165, 1.54) is 17.0 Å². The van der Waals surface area contributed by atoms with Crippen molar-refractivity contribution < 1.29 is 14.0 Å². The third-order valence-corrected chi connectivity index (χ3v) is 4.85. The van der Waals surface area contributed by atoms with Crippen molar-refractivity contribution in [3.8, 4) is 0 Å². The molecular formula is C16H17FN2O2. The number of hydrogen-bond donors (Lipinski definition) is 1. The maximum atomic E-state index is 12.9. The first-order chi connectivity index (χ1) is 10.1. The highest BCUT2D eigenvalue weighted by atomic mass is 19.1. The lowest BCUT2D eigenvalue weighted by Gasteiger charge is -2.26. The molecule has 1 heterocycles. The van der Waals surface area contributed by atoms with Crippen LogP contribution < -0.4 is 5.32 Å². The number of benzene rings is 1. The first-order valence-electron chi connectivity index (χ1n) is 7.50. The van der Waals surface area contributed by atoms with Crippen LogP contribution in [0.1, 0.15) is 31.2 Å². The van der Waals surface area contributed by atoms with Gasteiger partial charge in [-0.05, 0) is 55.2 Å². The summed E-state index contributed by atoms with van der Waals surface area (Å²) in [5.41, 5.74) is 0.124. The van der Waals surface area contributed by atoms with E-state index < -0.39 is 5.54 Å². The SMILES string of the molecule is O=C1NC(C2CC2)(C2CC2)C(=O)N1Cc1ccc(F)cc1. The minimum Gasteiger partial charge on any atom is -0.323 e. The lowest BCUT2D eigenvalue weighted by molar-refractivity contribution is -0.133. The molecule has 0 bridgehead atoms. The molecule has 4 rings (SSSR count). The molecule has 0 unspecified atom stereocenters. The third-order valence-electron chi connectivity index (χ3n) is 4.85. The second-order valence-electron chi connectivity index (χ2n) is 6.37. The molecule has 2 aliphatic carbocycles. The Morgan fingerprint density at radius 2 is 1.67 bits per heavy atom. The Labute approximate surface area is 122 Å². The van der Waals surface area contributed by atoms with Crippen molar-refractivity contribution in [2.75, 3.05) is 0 Å². The summed E-state index contributed by atoms with van der Waals surface area (Å²) in [5, 5.41) is 2.99. The minimum atomic E-state index is -0.642. The molecule has 1 aromatic carbocycles. The average molecular weight is 288 g/mol. The molecule has 4 nitrogen and oxygen atoms in total. The topological polar surface area (TPSA) is 49.4 Å². The van der Waals surface area contributed by atoms with Crippen molar-refractivity contribution in [3.63, 3.8) is 0 Å². The highest BCUT2D eigenvalue weighted by Gasteiger charge is 2.65. The number of urea groups is 1. The van der Waals surface area contributed by atoms with Gasteiger partial charge in [-0.25, -0.2) is 9.18 Å². The first kappa shape index (κ1) is 12.8. The summed E-state index contributed by atoms with van der Waals surface area (Å²) in [5.74, 6) is 0.211. The standard InChI is InChI=1S/C16H17FN2O2/c17-13-7-1-10(2-8-13)9-19-14(20)16(11-3-4-11,12-5-6-12)18-15(19)21/h1-2,7-8,11-12H,3-6,9H2,(H,18,21). The van der Waals surface area contributed by atoms with Gasteiger partial charge in [0.05, 0.1) is 6.54 Å². The number of imide groups is 1. The molecule has 21 heavy (non-hydrogen) atoms. The number of carbonyl (C=O) groups excluding carboxylic acids is 2. The van der Waals surface area contributed by atoms with Crippen LogP contribution in [0.15, 0.2) is 24.3 Å². The maximum Gasteiger partial charge on any atom is 0.325 e. The molecule has 1 aliphatic heterocycles. The highest BCUT2D eigenvalue weighted by molar-refractivity contribution is 6.07. The molecule has 3 amide bonds. The molecule has 110 valence electrons. The molecule has 0 atom stereocenters. The van der Waals surface area contributed by atoms with Crippen LogP contribution in [0.25, 0.3) is 0 Å². The van der Waals surface area contributed by atoms with Crippen LogP contribution in [-0.4, -0.2) is 22.4 Å². The van der Waals surface area contributed by atoms with Gasteiger partial charge in [0.1, 0.15) is 11.4 Å². The molecular weight excluding hydrogens is 271 g/mol. The van der Waals surface area contributed by atoms with E-state index in [0.29, 0.717) is 11.8 Å². The fourth-order valence-corrected chi connectivity index (χ4v) is 3.49. The molecule has 0 spiro atoms. The van der Waals surface area contributed by atoms with Crippen LogP contribution in [0.3, 0.4) is 0 Å². The molecule has 1 saturated heterocycles. The van der Waals surface area contributed by atoms with E-state index in [-0.39, 0.29) is 24.3 Å². The van der Waals surface area contributed by atoms with Gasteiger partial charge in [0, 0.05) is 0 Å². The van der Waals surface area contributed by atoms with E-state index in [4.69, 9.17) is 0 Å². The number of rotatable bonds is 4. The summed E-state index contributed by atoms with van der Waals surface area (Å²) >= 11 is 0. The number of hydrogen-bond acceptors (Lipinski definition) is 2. The quantitative estimate of drug-likeness (QED) is 0.865. The van der Waals surface area contributed by atoms with Gasteiger partial charge in [0.15, 0.2) is 0 Å². The van der Waals surface area contributed by atoms with Crippen molar-refractivity contribution in [3.05, 3.63) is 35.6 Å². The predicted molar refractivity (Wildman–Crippen MR) is 73.7 cm³/mol. The van der Waals surface area contributed by atoms with Crippen molar-refractivity contribution in [2.24, 2.45) is 11.8 Å². The number of nitrogens with one attached hydrogen (secondary N) is 1. The second kappa shape index (κ2) is 4.29. The Kier molecular flexibility index (Phi) is 2.62. The largest absolute Gasteiger partial charge is 0.325 e. The van der Waals surface area contributed by atoms with Gasteiger partial charge in [0.25, 0.3) is 5.91 Å². The molecule has 1 N–H and O–H groups in total. The fraction of sp³-hybridized carbons (Fsp3) is 0.500. The minimum absolute atomic E-state index is 0.0816. The maximum absolute atomic E-state index is 12.9. The second-order valence-corrected chi connectivity index (χ2v) is 6.37. The molecule has 3 fully saturated rings. The lowest BCUT2D eigenvalue weighted by Crippen LogP contribution is -2.51. The summed E-state index contributed by atoms with van der Waals surface area (Å²) < 4.78 is 12.9. The zero-order valence-corrected chi connectivity index (χ0v) is 11.6. The Morgan fingerprint density at radius 3 is 2.19 bits per heavy atom. The molecule has 3 aliphatic rings. The molecule has 2 saturated carbocycles. The smallest absolute Gasteiger partial charge is 0.323 e. The number of amides is 3. The van der Waals surface area contributed by atoms with Gasteiger partial charge >= 0.3 is 6.03 Å². The van der Waals surface area contributed by atoms with Gasteiger partial charge in [-0.3, -0.25) is 9.69 Å². The molecule has 0 radical (unpaired) electrons. The highest BCUT2D eigenvalue weighted by Crippen LogP contribution is 2.54. The van der Waals surface area contributed by atoms with Crippen molar-refractivity contribution >= 4 is 11.9 Å². The van der Waals surface area contributed by atoms with Crippen LogP contribution in [0.5, 0.6) is 0 Å². The summed E-state index contributed by atoms with van der Waals surface area (Å²) in [6, 6.07) is 5.63. The van der Waals surface area contributed by atoms with Crippen LogP contribution in [0.2, 0.25) is 0 Å². The summed E-state index contributed by atoms with van der Waals surface area (Å²) in [6.45, 7) is 0.214.